The summed E-state index contributed by atoms with van der Waals surface area (Å²) in [5.41, 5.74) is -0.761. The lowest BCUT2D eigenvalue weighted by Crippen LogP contribution is -2.32. The quantitative estimate of drug-likeness (QED) is 0.465. The van der Waals surface area contributed by atoms with Gasteiger partial charge in [-0.1, -0.05) is 26.7 Å². The standard InChI is InChI=1S/C12H22O2/c1-5-7-8-9-11(14)12(3,4)10(13)6-2/h5-9H2,1-4H3. The number of rotatable bonds is 7. The van der Waals surface area contributed by atoms with Crippen molar-refractivity contribution in [3.8, 4) is 0 Å². The lowest BCUT2D eigenvalue weighted by atomic mass is 9.80. The molecular formula is C12H22O2. The van der Waals surface area contributed by atoms with Gasteiger partial charge >= 0.3 is 0 Å². The molecule has 0 aromatic heterocycles. The molecule has 0 aliphatic heterocycles. The maximum Gasteiger partial charge on any atom is 0.145 e. The molecule has 82 valence electrons. The fourth-order valence-corrected chi connectivity index (χ4v) is 1.45. The Labute approximate surface area is 87.1 Å². The first-order valence-electron chi connectivity index (χ1n) is 5.53. The van der Waals surface area contributed by atoms with E-state index in [0.29, 0.717) is 12.8 Å². The summed E-state index contributed by atoms with van der Waals surface area (Å²) in [5, 5.41) is 0. The highest BCUT2D eigenvalue weighted by Crippen LogP contribution is 2.22. The lowest BCUT2D eigenvalue weighted by molar-refractivity contribution is -0.138. The van der Waals surface area contributed by atoms with Crippen LogP contribution < -0.4 is 0 Å². The molecule has 0 radical (unpaired) electrons. The second-order valence-corrected chi connectivity index (χ2v) is 4.28. The van der Waals surface area contributed by atoms with Crippen LogP contribution >= 0.6 is 0 Å². The normalized spacial score (nSPS) is 11.4. The molecule has 0 unspecified atom stereocenters. The topological polar surface area (TPSA) is 34.1 Å². The van der Waals surface area contributed by atoms with Crippen LogP contribution in [0.2, 0.25) is 0 Å². The van der Waals surface area contributed by atoms with Crippen molar-refractivity contribution in [1.29, 1.82) is 0 Å². The van der Waals surface area contributed by atoms with Crippen molar-refractivity contribution >= 4 is 11.6 Å². The highest BCUT2D eigenvalue weighted by molar-refractivity contribution is 6.06. The molecule has 14 heavy (non-hydrogen) atoms. The molecule has 0 amide bonds. The van der Waals surface area contributed by atoms with E-state index in [9.17, 15) is 9.59 Å². The molecule has 0 saturated heterocycles. The van der Waals surface area contributed by atoms with Crippen molar-refractivity contribution in [2.45, 2.75) is 59.8 Å². The third kappa shape index (κ3) is 3.60. The molecule has 0 saturated carbocycles. The van der Waals surface area contributed by atoms with E-state index in [1.54, 1.807) is 13.8 Å². The van der Waals surface area contributed by atoms with Gasteiger partial charge < -0.3 is 0 Å². The smallest absolute Gasteiger partial charge is 0.145 e. The van der Waals surface area contributed by atoms with E-state index in [2.05, 4.69) is 6.92 Å². The van der Waals surface area contributed by atoms with Crippen molar-refractivity contribution < 1.29 is 9.59 Å². The zero-order chi connectivity index (χ0) is 11.2. The summed E-state index contributed by atoms with van der Waals surface area (Å²) in [6.07, 6.45) is 4.09. The van der Waals surface area contributed by atoms with E-state index < -0.39 is 5.41 Å². The van der Waals surface area contributed by atoms with Gasteiger partial charge in [-0.3, -0.25) is 9.59 Å². The van der Waals surface area contributed by atoms with Gasteiger partial charge in [-0.2, -0.15) is 0 Å². The van der Waals surface area contributed by atoms with E-state index in [1.807, 2.05) is 6.92 Å². The molecule has 0 heterocycles. The third-order valence-corrected chi connectivity index (χ3v) is 2.72. The van der Waals surface area contributed by atoms with E-state index in [0.717, 1.165) is 19.3 Å². The molecule has 2 heteroatoms. The van der Waals surface area contributed by atoms with Gasteiger partial charge in [0.1, 0.15) is 11.6 Å². The Morgan fingerprint density at radius 2 is 1.57 bits per heavy atom. The predicted molar refractivity (Wildman–Crippen MR) is 58.2 cm³/mol. The first-order chi connectivity index (χ1) is 6.46. The Kier molecular flexibility index (Phi) is 5.66. The Bertz CT molecular complexity index is 204. The number of hydrogen-bond acceptors (Lipinski definition) is 2. The van der Waals surface area contributed by atoms with Crippen LogP contribution in [0.3, 0.4) is 0 Å². The minimum absolute atomic E-state index is 0.0546. The molecule has 0 atom stereocenters. The van der Waals surface area contributed by atoms with Crippen LogP contribution in [0.25, 0.3) is 0 Å². The zero-order valence-corrected chi connectivity index (χ0v) is 9.85. The number of hydrogen-bond donors (Lipinski definition) is 0. The van der Waals surface area contributed by atoms with E-state index in [1.165, 1.54) is 0 Å². The van der Waals surface area contributed by atoms with Gasteiger partial charge in [-0.25, -0.2) is 0 Å². The molecule has 0 bridgehead atoms. The average molecular weight is 198 g/mol. The van der Waals surface area contributed by atoms with Crippen molar-refractivity contribution in [1.82, 2.24) is 0 Å². The Morgan fingerprint density at radius 3 is 2.00 bits per heavy atom. The fourth-order valence-electron chi connectivity index (χ4n) is 1.45. The lowest BCUT2D eigenvalue weighted by Gasteiger charge is -2.20. The largest absolute Gasteiger partial charge is 0.299 e. The maximum absolute atomic E-state index is 11.7. The van der Waals surface area contributed by atoms with Crippen LogP contribution in [-0.2, 0) is 9.59 Å². The molecule has 0 N–H and O–H groups in total. The molecule has 0 aromatic rings. The highest BCUT2D eigenvalue weighted by Gasteiger charge is 2.33. The molecule has 0 aromatic carbocycles. The van der Waals surface area contributed by atoms with Crippen molar-refractivity contribution in [2.75, 3.05) is 0 Å². The van der Waals surface area contributed by atoms with Crippen LogP contribution in [0.5, 0.6) is 0 Å². The first-order valence-corrected chi connectivity index (χ1v) is 5.53. The van der Waals surface area contributed by atoms with Crippen molar-refractivity contribution in [3.63, 3.8) is 0 Å². The number of Topliss-reactive ketones (excluding diaryl/α,β-unsaturated/α-hetero) is 2. The maximum atomic E-state index is 11.7. The second-order valence-electron chi connectivity index (χ2n) is 4.28. The summed E-state index contributed by atoms with van der Waals surface area (Å²) in [6, 6.07) is 0. The molecule has 0 aliphatic carbocycles. The summed E-state index contributed by atoms with van der Waals surface area (Å²) >= 11 is 0. The van der Waals surface area contributed by atoms with E-state index >= 15 is 0 Å². The van der Waals surface area contributed by atoms with Crippen LogP contribution in [-0.4, -0.2) is 11.6 Å². The summed E-state index contributed by atoms with van der Waals surface area (Å²) in [5.74, 6) is 0.150. The van der Waals surface area contributed by atoms with E-state index in [-0.39, 0.29) is 11.6 Å². The molecule has 2 nitrogen and oxygen atoms in total. The minimum Gasteiger partial charge on any atom is -0.299 e. The molecule has 0 aliphatic rings. The van der Waals surface area contributed by atoms with Crippen molar-refractivity contribution in [2.24, 2.45) is 5.41 Å². The summed E-state index contributed by atoms with van der Waals surface area (Å²) in [4.78, 5) is 23.2. The number of carbonyl (C=O) groups is 2. The van der Waals surface area contributed by atoms with Crippen LogP contribution in [0.15, 0.2) is 0 Å². The molecule has 0 spiro atoms. The number of carbonyl (C=O) groups excluding carboxylic acids is 2. The SMILES string of the molecule is CCCCCC(=O)C(C)(C)C(=O)CC. The van der Waals surface area contributed by atoms with Gasteiger partial charge in [0.15, 0.2) is 0 Å². The minimum atomic E-state index is -0.761. The van der Waals surface area contributed by atoms with E-state index in [4.69, 9.17) is 0 Å². The highest BCUT2D eigenvalue weighted by atomic mass is 16.2. The average Bonchev–Trinajstić information content (AvgIpc) is 2.16. The van der Waals surface area contributed by atoms with Crippen LogP contribution in [0.4, 0.5) is 0 Å². The Hall–Kier alpha value is -0.660. The van der Waals surface area contributed by atoms with Crippen LogP contribution in [0.1, 0.15) is 59.8 Å². The summed E-state index contributed by atoms with van der Waals surface area (Å²) < 4.78 is 0. The predicted octanol–water partition coefficient (Wildman–Crippen LogP) is 3.14. The third-order valence-electron chi connectivity index (χ3n) is 2.72. The second kappa shape index (κ2) is 5.94. The van der Waals surface area contributed by atoms with Gasteiger partial charge in [0, 0.05) is 12.8 Å². The first kappa shape index (κ1) is 13.3. The number of ketones is 2. The molecular weight excluding hydrogens is 176 g/mol. The van der Waals surface area contributed by atoms with Gasteiger partial charge in [-0.15, -0.1) is 0 Å². The zero-order valence-electron chi connectivity index (χ0n) is 9.85. The van der Waals surface area contributed by atoms with Gasteiger partial charge in [0.2, 0.25) is 0 Å². The summed E-state index contributed by atoms with van der Waals surface area (Å²) in [6.45, 7) is 7.40. The Morgan fingerprint density at radius 1 is 1.00 bits per heavy atom. The monoisotopic (exact) mass is 198 g/mol. The molecule has 0 rings (SSSR count). The van der Waals surface area contributed by atoms with Crippen molar-refractivity contribution in [3.05, 3.63) is 0 Å². The fraction of sp³-hybridized carbons (Fsp3) is 0.833. The van der Waals surface area contributed by atoms with Gasteiger partial charge in [0.05, 0.1) is 5.41 Å². The molecule has 0 fully saturated rings. The number of unbranched alkanes of at least 4 members (excludes halogenated alkanes) is 2. The summed E-state index contributed by atoms with van der Waals surface area (Å²) in [7, 11) is 0. The Balaban J connectivity index is 4.15. The van der Waals surface area contributed by atoms with Gasteiger partial charge in [0.25, 0.3) is 0 Å². The van der Waals surface area contributed by atoms with Gasteiger partial charge in [-0.05, 0) is 20.3 Å². The van der Waals surface area contributed by atoms with Crippen LogP contribution in [0, 0.1) is 5.41 Å².